The fraction of sp³-hybridized carbons (Fsp3) is 0.258. The molecule has 3 aromatic carbocycles. The van der Waals surface area contributed by atoms with Gasteiger partial charge in [0.1, 0.15) is 11.5 Å². The van der Waals surface area contributed by atoms with Gasteiger partial charge in [0.05, 0.1) is 13.2 Å². The number of amides is 1. The summed E-state index contributed by atoms with van der Waals surface area (Å²) in [5, 5.41) is 3.04. The summed E-state index contributed by atoms with van der Waals surface area (Å²) in [6, 6.07) is 30.6. The number of rotatable bonds is 9. The molecule has 194 valence electrons. The molecule has 38 heavy (non-hydrogen) atoms. The summed E-state index contributed by atoms with van der Waals surface area (Å²) in [4.78, 5) is 26.9. The maximum atomic E-state index is 13.2. The lowest BCUT2D eigenvalue weighted by molar-refractivity contribution is 0.0945. The minimum Gasteiger partial charge on any atom is -0.378 e. The molecule has 1 amide bonds. The van der Waals surface area contributed by atoms with Crippen molar-refractivity contribution in [1.29, 1.82) is 0 Å². The molecule has 1 aliphatic rings. The zero-order chi connectivity index (χ0) is 26.2. The van der Waals surface area contributed by atoms with E-state index in [1.807, 2.05) is 60.5 Å². The highest BCUT2D eigenvalue weighted by atomic mass is 16.5. The van der Waals surface area contributed by atoms with Crippen LogP contribution < -0.4 is 15.1 Å². The molecule has 4 aromatic rings. The molecule has 7 heteroatoms. The molecule has 0 aliphatic carbocycles. The minimum atomic E-state index is -0.216. The molecule has 0 spiro atoms. The molecule has 0 bridgehead atoms. The highest BCUT2D eigenvalue weighted by Gasteiger charge is 2.19. The molecule has 7 nitrogen and oxygen atoms in total. The smallest absolute Gasteiger partial charge is 0.270 e. The zero-order valence-corrected chi connectivity index (χ0v) is 21.7. The lowest BCUT2D eigenvalue weighted by atomic mass is 10.0. The van der Waals surface area contributed by atoms with Gasteiger partial charge >= 0.3 is 0 Å². The Morgan fingerprint density at radius 3 is 2.24 bits per heavy atom. The van der Waals surface area contributed by atoms with Crippen molar-refractivity contribution >= 4 is 17.7 Å². The Labute approximate surface area is 224 Å². The van der Waals surface area contributed by atoms with E-state index in [0.29, 0.717) is 31.4 Å². The van der Waals surface area contributed by atoms with Gasteiger partial charge in [-0.1, -0.05) is 84.9 Å². The molecule has 1 saturated heterocycles. The van der Waals surface area contributed by atoms with E-state index in [1.54, 1.807) is 6.07 Å². The Balaban J connectivity index is 1.29. The second kappa shape index (κ2) is 12.3. The third-order valence-electron chi connectivity index (χ3n) is 6.70. The Bertz CT molecular complexity index is 1320. The predicted octanol–water partition coefficient (Wildman–Crippen LogP) is 4.59. The van der Waals surface area contributed by atoms with Crippen LogP contribution in [0.3, 0.4) is 0 Å². The van der Waals surface area contributed by atoms with Crippen LogP contribution in [0, 0.1) is 0 Å². The first kappa shape index (κ1) is 25.4. The van der Waals surface area contributed by atoms with Gasteiger partial charge in [-0.25, -0.2) is 4.98 Å². The first-order chi connectivity index (χ1) is 18.7. The van der Waals surface area contributed by atoms with E-state index in [1.165, 1.54) is 11.1 Å². The first-order valence-electron chi connectivity index (χ1n) is 13.0. The van der Waals surface area contributed by atoms with E-state index < -0.39 is 0 Å². The maximum Gasteiger partial charge on any atom is 0.270 e. The fourth-order valence-corrected chi connectivity index (χ4v) is 4.42. The van der Waals surface area contributed by atoms with Gasteiger partial charge in [0.2, 0.25) is 5.95 Å². The number of anilines is 2. The number of benzene rings is 3. The monoisotopic (exact) mass is 507 g/mol. The van der Waals surface area contributed by atoms with Crippen LogP contribution in [0.25, 0.3) is 11.1 Å². The molecular formula is C31H33N5O2. The van der Waals surface area contributed by atoms with Gasteiger partial charge in [-0.2, -0.15) is 4.98 Å². The van der Waals surface area contributed by atoms with Crippen LogP contribution in [0.2, 0.25) is 0 Å². The van der Waals surface area contributed by atoms with Crippen LogP contribution in [-0.2, 0) is 17.7 Å². The van der Waals surface area contributed by atoms with Gasteiger partial charge in [0, 0.05) is 39.3 Å². The molecule has 2 heterocycles. The molecule has 0 radical (unpaired) electrons. The number of carbonyl (C=O) groups excluding carboxylic acids is 1. The van der Waals surface area contributed by atoms with E-state index in [2.05, 4.69) is 51.6 Å². The number of carbonyl (C=O) groups is 1. The van der Waals surface area contributed by atoms with Crippen molar-refractivity contribution in [2.45, 2.75) is 13.0 Å². The summed E-state index contributed by atoms with van der Waals surface area (Å²) >= 11 is 0. The predicted molar refractivity (Wildman–Crippen MR) is 152 cm³/mol. The normalized spacial score (nSPS) is 13.2. The van der Waals surface area contributed by atoms with Crippen LogP contribution in [0.1, 0.15) is 21.6 Å². The lowest BCUT2D eigenvalue weighted by Gasteiger charge is -2.29. The molecule has 0 atom stereocenters. The summed E-state index contributed by atoms with van der Waals surface area (Å²) in [7, 11) is 1.97. The van der Waals surface area contributed by atoms with Crippen molar-refractivity contribution in [3.63, 3.8) is 0 Å². The number of likely N-dealkylation sites (N-methyl/N-ethyl adjacent to an activating group) is 1. The minimum absolute atomic E-state index is 0.216. The fourth-order valence-electron chi connectivity index (χ4n) is 4.42. The largest absolute Gasteiger partial charge is 0.378 e. The lowest BCUT2D eigenvalue weighted by Crippen LogP contribution is -2.37. The van der Waals surface area contributed by atoms with Gasteiger partial charge in [-0.15, -0.1) is 0 Å². The van der Waals surface area contributed by atoms with Crippen LogP contribution in [-0.4, -0.2) is 55.8 Å². The molecule has 1 fully saturated rings. The number of hydrogen-bond donors (Lipinski definition) is 1. The van der Waals surface area contributed by atoms with Crippen LogP contribution in [0.4, 0.5) is 11.8 Å². The number of hydrogen-bond acceptors (Lipinski definition) is 6. The Morgan fingerprint density at radius 2 is 1.53 bits per heavy atom. The average Bonchev–Trinajstić information content (AvgIpc) is 3.00. The quantitative estimate of drug-likeness (QED) is 0.357. The van der Waals surface area contributed by atoms with E-state index in [0.717, 1.165) is 43.0 Å². The maximum absolute atomic E-state index is 13.2. The van der Waals surface area contributed by atoms with E-state index >= 15 is 0 Å². The topological polar surface area (TPSA) is 70.6 Å². The molecule has 5 rings (SSSR count). The van der Waals surface area contributed by atoms with Gasteiger partial charge in [0.15, 0.2) is 0 Å². The van der Waals surface area contributed by atoms with Crippen molar-refractivity contribution in [3.8, 4) is 11.1 Å². The van der Waals surface area contributed by atoms with Crippen molar-refractivity contribution in [2.24, 2.45) is 0 Å². The number of aromatic nitrogens is 2. The van der Waals surface area contributed by atoms with Crippen LogP contribution in [0.15, 0.2) is 91.0 Å². The highest BCUT2D eigenvalue weighted by molar-refractivity contribution is 5.93. The average molecular weight is 508 g/mol. The molecule has 1 aromatic heterocycles. The molecule has 1 aliphatic heterocycles. The number of morpholine rings is 1. The van der Waals surface area contributed by atoms with E-state index in [9.17, 15) is 4.79 Å². The van der Waals surface area contributed by atoms with E-state index in [4.69, 9.17) is 9.72 Å². The Hall–Kier alpha value is -4.23. The second-order valence-electron chi connectivity index (χ2n) is 9.41. The Kier molecular flexibility index (Phi) is 8.26. The first-order valence-corrected chi connectivity index (χ1v) is 13.0. The van der Waals surface area contributed by atoms with Gasteiger partial charge in [-0.3, -0.25) is 4.79 Å². The van der Waals surface area contributed by atoms with Crippen LogP contribution >= 0.6 is 0 Å². The summed E-state index contributed by atoms with van der Waals surface area (Å²) < 4.78 is 5.51. The van der Waals surface area contributed by atoms with Crippen molar-refractivity contribution in [3.05, 3.63) is 108 Å². The van der Waals surface area contributed by atoms with E-state index in [-0.39, 0.29) is 5.91 Å². The second-order valence-corrected chi connectivity index (χ2v) is 9.41. The van der Waals surface area contributed by atoms with Gasteiger partial charge in [0.25, 0.3) is 5.91 Å². The molecule has 0 unspecified atom stereocenters. The standard InChI is InChI=1S/C31H33N5O2/c1-35(17-16-24-8-4-2-5-9-24)31-33-28(22-29(34-31)36-18-20-38-21-19-36)30(37)32-23-25-12-14-27(15-13-25)26-10-6-3-7-11-26/h2-15,22H,16-21,23H2,1H3,(H,32,37). The summed E-state index contributed by atoms with van der Waals surface area (Å²) in [5.74, 6) is 1.08. The number of nitrogens with zero attached hydrogens (tertiary/aromatic N) is 4. The van der Waals surface area contributed by atoms with Gasteiger partial charge in [-0.05, 0) is 28.7 Å². The summed E-state index contributed by atoms with van der Waals surface area (Å²) in [6.07, 6.45) is 0.864. The third kappa shape index (κ3) is 6.55. The SMILES string of the molecule is CN(CCc1ccccc1)c1nc(C(=O)NCc2ccc(-c3ccccc3)cc2)cc(N2CCOCC2)n1. The van der Waals surface area contributed by atoms with Crippen molar-refractivity contribution < 1.29 is 9.53 Å². The number of ether oxygens (including phenoxy) is 1. The third-order valence-corrected chi connectivity index (χ3v) is 6.70. The van der Waals surface area contributed by atoms with Crippen molar-refractivity contribution in [2.75, 3.05) is 49.7 Å². The highest BCUT2D eigenvalue weighted by Crippen LogP contribution is 2.21. The zero-order valence-electron chi connectivity index (χ0n) is 21.7. The summed E-state index contributed by atoms with van der Waals surface area (Å²) in [6.45, 7) is 3.92. The van der Waals surface area contributed by atoms with Gasteiger partial charge < -0.3 is 19.9 Å². The molecule has 1 N–H and O–H groups in total. The van der Waals surface area contributed by atoms with Crippen molar-refractivity contribution in [1.82, 2.24) is 15.3 Å². The molecular weight excluding hydrogens is 474 g/mol. The summed E-state index contributed by atoms with van der Waals surface area (Å²) in [5.41, 5.74) is 4.96. The number of nitrogens with one attached hydrogen (secondary N) is 1. The Morgan fingerprint density at radius 1 is 0.868 bits per heavy atom. The van der Waals surface area contributed by atoms with Crippen LogP contribution in [0.5, 0.6) is 0 Å². The molecule has 0 saturated carbocycles.